The second kappa shape index (κ2) is 7.21. The molecule has 0 aliphatic carbocycles. The molecule has 1 unspecified atom stereocenters. The predicted molar refractivity (Wildman–Crippen MR) is 71.4 cm³/mol. The van der Waals surface area contributed by atoms with Gasteiger partial charge in [0.1, 0.15) is 12.4 Å². The molecule has 0 aromatic heterocycles. The number of ether oxygens (including phenoxy) is 1. The molecule has 1 amide bonds. The van der Waals surface area contributed by atoms with Crippen molar-refractivity contribution >= 4 is 11.6 Å². The molecule has 104 valence electrons. The molecule has 1 aromatic rings. The lowest BCUT2D eigenvalue weighted by Gasteiger charge is -2.09. The van der Waals surface area contributed by atoms with Crippen molar-refractivity contribution in [1.82, 2.24) is 5.32 Å². The maximum Gasteiger partial charge on any atom is 0.250 e. The normalized spacial score (nSPS) is 18.5. The Morgan fingerprint density at radius 3 is 3.16 bits per heavy atom. The van der Waals surface area contributed by atoms with Crippen LogP contribution in [0.3, 0.4) is 0 Å². The van der Waals surface area contributed by atoms with Crippen LogP contribution >= 0.6 is 0 Å². The third-order valence-corrected chi connectivity index (χ3v) is 3.17. The molecular formula is C14H19FN2O2. The fraction of sp³-hybridized carbons (Fsp3) is 0.500. The van der Waals surface area contributed by atoms with Crippen LogP contribution in [0.2, 0.25) is 0 Å². The van der Waals surface area contributed by atoms with Crippen LogP contribution in [-0.4, -0.2) is 32.2 Å². The number of hydrogen-bond donors (Lipinski definition) is 2. The summed E-state index contributed by atoms with van der Waals surface area (Å²) in [6, 6.07) is 5.81. The quantitative estimate of drug-likeness (QED) is 0.772. The van der Waals surface area contributed by atoms with Crippen molar-refractivity contribution in [1.29, 1.82) is 0 Å². The van der Waals surface area contributed by atoms with Crippen molar-refractivity contribution in [2.24, 2.45) is 5.92 Å². The van der Waals surface area contributed by atoms with E-state index >= 15 is 0 Å². The Morgan fingerprint density at radius 1 is 1.53 bits per heavy atom. The zero-order chi connectivity index (χ0) is 13.5. The molecule has 1 aliphatic heterocycles. The van der Waals surface area contributed by atoms with Crippen LogP contribution in [0.25, 0.3) is 0 Å². The van der Waals surface area contributed by atoms with E-state index in [1.165, 1.54) is 18.6 Å². The molecule has 1 saturated heterocycles. The van der Waals surface area contributed by atoms with Crippen molar-refractivity contribution in [2.45, 2.75) is 12.8 Å². The highest BCUT2D eigenvalue weighted by atomic mass is 19.1. The maximum atomic E-state index is 12.9. The largest absolute Gasteiger partial charge is 0.372 e. The van der Waals surface area contributed by atoms with Crippen molar-refractivity contribution in [3.05, 3.63) is 30.1 Å². The fourth-order valence-corrected chi connectivity index (χ4v) is 2.14. The summed E-state index contributed by atoms with van der Waals surface area (Å²) in [7, 11) is 0. The minimum Gasteiger partial charge on any atom is -0.372 e. The lowest BCUT2D eigenvalue weighted by atomic mass is 10.1. The molecule has 1 aliphatic rings. The van der Waals surface area contributed by atoms with E-state index in [1.54, 1.807) is 12.1 Å². The van der Waals surface area contributed by atoms with Gasteiger partial charge < -0.3 is 15.4 Å². The van der Waals surface area contributed by atoms with Gasteiger partial charge in [-0.2, -0.15) is 0 Å². The number of halogens is 1. The SMILES string of the molecule is O=C(COCCC1CCNC1)Nc1cccc(F)c1. The van der Waals surface area contributed by atoms with Crippen LogP contribution in [0, 0.1) is 11.7 Å². The molecule has 1 fully saturated rings. The lowest BCUT2D eigenvalue weighted by Crippen LogP contribution is -2.19. The molecule has 0 bridgehead atoms. The van der Waals surface area contributed by atoms with Crippen LogP contribution in [0.1, 0.15) is 12.8 Å². The first-order chi connectivity index (χ1) is 9.24. The van der Waals surface area contributed by atoms with Gasteiger partial charge in [0, 0.05) is 12.3 Å². The van der Waals surface area contributed by atoms with E-state index in [1.807, 2.05) is 0 Å². The minimum absolute atomic E-state index is 0.0106. The van der Waals surface area contributed by atoms with Gasteiger partial charge in [-0.05, 0) is 50.0 Å². The Hall–Kier alpha value is -1.46. The number of carbonyl (C=O) groups is 1. The second-order valence-electron chi connectivity index (χ2n) is 4.76. The molecule has 2 N–H and O–H groups in total. The third-order valence-electron chi connectivity index (χ3n) is 3.17. The molecule has 0 saturated carbocycles. The average Bonchev–Trinajstić information content (AvgIpc) is 2.88. The van der Waals surface area contributed by atoms with Gasteiger partial charge in [-0.3, -0.25) is 4.79 Å². The molecule has 5 heteroatoms. The summed E-state index contributed by atoms with van der Waals surface area (Å²) in [6.45, 7) is 2.71. The summed E-state index contributed by atoms with van der Waals surface area (Å²) >= 11 is 0. The number of nitrogens with one attached hydrogen (secondary N) is 2. The van der Waals surface area contributed by atoms with E-state index < -0.39 is 0 Å². The summed E-state index contributed by atoms with van der Waals surface area (Å²) in [5, 5.41) is 5.88. The smallest absolute Gasteiger partial charge is 0.250 e. The molecule has 0 spiro atoms. The minimum atomic E-state index is -0.368. The number of benzene rings is 1. The van der Waals surface area contributed by atoms with Gasteiger partial charge in [-0.15, -0.1) is 0 Å². The van der Waals surface area contributed by atoms with Crippen molar-refractivity contribution in [3.63, 3.8) is 0 Å². The van der Waals surface area contributed by atoms with Gasteiger partial charge >= 0.3 is 0 Å². The average molecular weight is 266 g/mol. The molecule has 1 heterocycles. The molecule has 1 aromatic carbocycles. The highest BCUT2D eigenvalue weighted by molar-refractivity contribution is 5.91. The van der Waals surface area contributed by atoms with Crippen LogP contribution in [-0.2, 0) is 9.53 Å². The van der Waals surface area contributed by atoms with E-state index in [0.29, 0.717) is 18.2 Å². The second-order valence-corrected chi connectivity index (χ2v) is 4.76. The summed E-state index contributed by atoms with van der Waals surface area (Å²) < 4.78 is 18.2. The molecular weight excluding hydrogens is 247 g/mol. The van der Waals surface area contributed by atoms with Gasteiger partial charge in [-0.1, -0.05) is 6.07 Å². The zero-order valence-electron chi connectivity index (χ0n) is 10.8. The van der Waals surface area contributed by atoms with Gasteiger partial charge in [0.2, 0.25) is 5.91 Å². The lowest BCUT2D eigenvalue weighted by molar-refractivity contribution is -0.120. The summed E-state index contributed by atoms with van der Waals surface area (Å²) in [6.07, 6.45) is 2.15. The van der Waals surface area contributed by atoms with E-state index in [9.17, 15) is 9.18 Å². The maximum absolute atomic E-state index is 12.9. The van der Waals surface area contributed by atoms with Gasteiger partial charge in [0.05, 0.1) is 0 Å². The molecule has 19 heavy (non-hydrogen) atoms. The Bertz CT molecular complexity index is 420. The topological polar surface area (TPSA) is 50.4 Å². The first kappa shape index (κ1) is 14.0. The first-order valence-corrected chi connectivity index (χ1v) is 6.58. The standard InChI is InChI=1S/C14H19FN2O2/c15-12-2-1-3-13(8-12)17-14(18)10-19-7-5-11-4-6-16-9-11/h1-3,8,11,16H,4-7,9-10H2,(H,17,18). The number of hydrogen-bond acceptors (Lipinski definition) is 3. The molecule has 1 atom stereocenters. The van der Waals surface area contributed by atoms with Crippen LogP contribution in [0.4, 0.5) is 10.1 Å². The first-order valence-electron chi connectivity index (χ1n) is 6.58. The summed E-state index contributed by atoms with van der Waals surface area (Å²) in [4.78, 5) is 11.5. The van der Waals surface area contributed by atoms with Crippen molar-refractivity contribution in [3.8, 4) is 0 Å². The molecule has 4 nitrogen and oxygen atoms in total. The van der Waals surface area contributed by atoms with E-state index in [-0.39, 0.29) is 18.3 Å². The van der Waals surface area contributed by atoms with Crippen LogP contribution in [0.15, 0.2) is 24.3 Å². The highest BCUT2D eigenvalue weighted by Gasteiger charge is 2.13. The van der Waals surface area contributed by atoms with Crippen molar-refractivity contribution < 1.29 is 13.9 Å². The highest BCUT2D eigenvalue weighted by Crippen LogP contribution is 2.12. The van der Waals surface area contributed by atoms with Crippen LogP contribution in [0.5, 0.6) is 0 Å². The van der Waals surface area contributed by atoms with Crippen LogP contribution < -0.4 is 10.6 Å². The molecule has 2 rings (SSSR count). The summed E-state index contributed by atoms with van der Waals surface area (Å²) in [5.74, 6) is 0.0360. The zero-order valence-corrected chi connectivity index (χ0v) is 10.8. The van der Waals surface area contributed by atoms with Gasteiger partial charge in [0.25, 0.3) is 0 Å². The van der Waals surface area contributed by atoms with Gasteiger partial charge in [-0.25, -0.2) is 4.39 Å². The Kier molecular flexibility index (Phi) is 5.30. The van der Waals surface area contributed by atoms with E-state index in [0.717, 1.165) is 19.5 Å². The number of amides is 1. The van der Waals surface area contributed by atoms with Gasteiger partial charge in [0.15, 0.2) is 0 Å². The predicted octanol–water partition coefficient (Wildman–Crippen LogP) is 1.78. The monoisotopic (exact) mass is 266 g/mol. The Labute approximate surface area is 112 Å². The third kappa shape index (κ3) is 4.96. The van der Waals surface area contributed by atoms with E-state index in [4.69, 9.17) is 4.74 Å². The number of carbonyl (C=O) groups excluding carboxylic acids is 1. The fourth-order valence-electron chi connectivity index (χ4n) is 2.14. The van der Waals surface area contributed by atoms with E-state index in [2.05, 4.69) is 10.6 Å². The molecule has 0 radical (unpaired) electrons. The Morgan fingerprint density at radius 2 is 2.42 bits per heavy atom. The number of rotatable bonds is 6. The summed E-state index contributed by atoms with van der Waals surface area (Å²) in [5.41, 5.74) is 0.452. The number of anilines is 1. The van der Waals surface area contributed by atoms with Crippen molar-refractivity contribution in [2.75, 3.05) is 31.6 Å². The Balaban J connectivity index is 1.61.